The van der Waals surface area contributed by atoms with Gasteiger partial charge in [0.05, 0.1) is 10.6 Å². The Balaban J connectivity index is 2.38. The monoisotopic (exact) mass is 357 g/mol. The van der Waals surface area contributed by atoms with Gasteiger partial charge < -0.3 is 5.73 Å². The summed E-state index contributed by atoms with van der Waals surface area (Å²) in [6, 6.07) is 10.6. The molecule has 0 saturated carbocycles. The molecule has 2 N–H and O–H groups in total. The summed E-state index contributed by atoms with van der Waals surface area (Å²) >= 11 is 3.22. The minimum atomic E-state index is -3.59. The lowest BCUT2D eigenvalue weighted by molar-refractivity contribution is 0.586. The number of hydrogen-bond donors (Lipinski definition) is 1. The van der Waals surface area contributed by atoms with E-state index in [1.165, 1.54) is 24.3 Å². The number of rotatable bonds is 4. The van der Waals surface area contributed by atoms with Gasteiger partial charge in [-0.05, 0) is 29.8 Å². The fourth-order valence-corrected chi connectivity index (χ4v) is 3.75. The van der Waals surface area contributed by atoms with E-state index < -0.39 is 15.7 Å². The second-order valence-corrected chi connectivity index (χ2v) is 7.25. The molecule has 0 bridgehead atoms. The number of halogens is 2. The molecule has 106 valence electrons. The number of benzene rings is 2. The molecule has 0 atom stereocenters. The Morgan fingerprint density at radius 1 is 1.15 bits per heavy atom. The molecule has 0 aliphatic carbocycles. The SMILES string of the molecule is NCc1ccc(F)c(CS(=O)(=O)c2cccc(Br)c2)c1. The van der Waals surface area contributed by atoms with Crippen LogP contribution in [0.3, 0.4) is 0 Å². The summed E-state index contributed by atoms with van der Waals surface area (Å²) < 4.78 is 39.0. The van der Waals surface area contributed by atoms with Crippen molar-refractivity contribution in [1.29, 1.82) is 0 Å². The zero-order valence-electron chi connectivity index (χ0n) is 10.5. The van der Waals surface area contributed by atoms with Crippen molar-refractivity contribution in [3.8, 4) is 0 Å². The van der Waals surface area contributed by atoms with Crippen LogP contribution in [0.15, 0.2) is 51.8 Å². The van der Waals surface area contributed by atoms with Gasteiger partial charge in [-0.15, -0.1) is 0 Å². The van der Waals surface area contributed by atoms with E-state index in [1.807, 2.05) is 0 Å². The van der Waals surface area contributed by atoms with Gasteiger partial charge in [-0.25, -0.2) is 12.8 Å². The van der Waals surface area contributed by atoms with E-state index in [1.54, 1.807) is 18.2 Å². The molecule has 20 heavy (non-hydrogen) atoms. The lowest BCUT2D eigenvalue weighted by Gasteiger charge is -2.08. The first-order valence-electron chi connectivity index (χ1n) is 5.88. The Morgan fingerprint density at radius 2 is 1.90 bits per heavy atom. The van der Waals surface area contributed by atoms with E-state index in [0.717, 1.165) is 0 Å². The van der Waals surface area contributed by atoms with Crippen LogP contribution in [0.4, 0.5) is 4.39 Å². The summed E-state index contributed by atoms with van der Waals surface area (Å²) in [6.45, 7) is 0.240. The largest absolute Gasteiger partial charge is 0.326 e. The van der Waals surface area contributed by atoms with Gasteiger partial charge in [-0.1, -0.05) is 34.1 Å². The van der Waals surface area contributed by atoms with Crippen LogP contribution in [0, 0.1) is 5.82 Å². The van der Waals surface area contributed by atoms with Crippen molar-refractivity contribution >= 4 is 25.8 Å². The third-order valence-electron chi connectivity index (χ3n) is 2.85. The van der Waals surface area contributed by atoms with E-state index >= 15 is 0 Å². The first-order chi connectivity index (χ1) is 9.42. The van der Waals surface area contributed by atoms with Gasteiger partial charge >= 0.3 is 0 Å². The average molecular weight is 358 g/mol. The normalized spacial score (nSPS) is 11.6. The highest BCUT2D eigenvalue weighted by atomic mass is 79.9. The summed E-state index contributed by atoms with van der Waals surface area (Å²) in [5.74, 6) is -0.927. The Labute approximate surface area is 125 Å². The molecule has 0 amide bonds. The van der Waals surface area contributed by atoms with Crippen molar-refractivity contribution in [2.24, 2.45) is 5.73 Å². The van der Waals surface area contributed by atoms with Crippen LogP contribution in [-0.2, 0) is 22.1 Å². The maximum Gasteiger partial charge on any atom is 0.182 e. The number of hydrogen-bond acceptors (Lipinski definition) is 3. The Kier molecular flexibility index (Phi) is 4.57. The predicted octanol–water partition coefficient (Wildman–Crippen LogP) is 3.02. The van der Waals surface area contributed by atoms with Crippen LogP contribution in [0.25, 0.3) is 0 Å². The Morgan fingerprint density at radius 3 is 2.55 bits per heavy atom. The number of nitrogens with two attached hydrogens (primary N) is 1. The third kappa shape index (κ3) is 3.45. The summed E-state index contributed by atoms with van der Waals surface area (Å²) in [5, 5.41) is 0. The Hall–Kier alpha value is -1.24. The van der Waals surface area contributed by atoms with Crippen LogP contribution in [-0.4, -0.2) is 8.42 Å². The highest BCUT2D eigenvalue weighted by molar-refractivity contribution is 9.10. The van der Waals surface area contributed by atoms with Crippen LogP contribution < -0.4 is 5.73 Å². The lowest BCUT2D eigenvalue weighted by atomic mass is 10.1. The van der Waals surface area contributed by atoms with E-state index in [0.29, 0.717) is 10.0 Å². The topological polar surface area (TPSA) is 60.2 Å². The third-order valence-corrected chi connectivity index (χ3v) is 5.00. The molecule has 0 saturated heterocycles. The van der Waals surface area contributed by atoms with Gasteiger partial charge in [0, 0.05) is 16.6 Å². The van der Waals surface area contributed by atoms with E-state index in [-0.39, 0.29) is 22.8 Å². The average Bonchev–Trinajstić information content (AvgIpc) is 2.41. The van der Waals surface area contributed by atoms with Crippen molar-refractivity contribution in [2.75, 3.05) is 0 Å². The molecule has 3 nitrogen and oxygen atoms in total. The van der Waals surface area contributed by atoms with Crippen LogP contribution in [0.1, 0.15) is 11.1 Å². The first kappa shape index (κ1) is 15.2. The van der Waals surface area contributed by atoms with E-state index in [2.05, 4.69) is 15.9 Å². The lowest BCUT2D eigenvalue weighted by Crippen LogP contribution is -2.08. The molecular weight excluding hydrogens is 345 g/mol. The standard InChI is InChI=1S/C14H13BrFNO2S/c15-12-2-1-3-13(7-12)20(18,19)9-11-6-10(8-17)4-5-14(11)16/h1-7H,8-9,17H2. The smallest absolute Gasteiger partial charge is 0.182 e. The summed E-state index contributed by atoms with van der Waals surface area (Å²) in [7, 11) is -3.59. The van der Waals surface area contributed by atoms with Gasteiger partial charge in [0.2, 0.25) is 0 Å². The minimum Gasteiger partial charge on any atom is -0.326 e. The van der Waals surface area contributed by atoms with Gasteiger partial charge in [0.25, 0.3) is 0 Å². The Bertz CT molecular complexity index is 732. The van der Waals surface area contributed by atoms with Crippen molar-refractivity contribution < 1.29 is 12.8 Å². The maximum atomic E-state index is 13.7. The molecule has 2 aromatic carbocycles. The second kappa shape index (κ2) is 6.03. The molecule has 6 heteroatoms. The second-order valence-electron chi connectivity index (χ2n) is 4.35. The fourth-order valence-electron chi connectivity index (χ4n) is 1.81. The molecule has 2 rings (SSSR count). The minimum absolute atomic E-state index is 0.132. The fraction of sp³-hybridized carbons (Fsp3) is 0.143. The molecule has 0 unspecified atom stereocenters. The van der Waals surface area contributed by atoms with Crippen molar-refractivity contribution in [3.63, 3.8) is 0 Å². The molecule has 0 aliphatic rings. The maximum absolute atomic E-state index is 13.7. The van der Waals surface area contributed by atoms with E-state index in [9.17, 15) is 12.8 Å². The number of sulfone groups is 1. The molecular formula is C14H13BrFNO2S. The highest BCUT2D eigenvalue weighted by Crippen LogP contribution is 2.22. The van der Waals surface area contributed by atoms with Crippen LogP contribution in [0.2, 0.25) is 0 Å². The van der Waals surface area contributed by atoms with Crippen molar-refractivity contribution in [3.05, 3.63) is 63.9 Å². The zero-order valence-corrected chi connectivity index (χ0v) is 12.9. The molecule has 0 aliphatic heterocycles. The molecule has 0 spiro atoms. The zero-order chi connectivity index (χ0) is 14.8. The molecule has 0 fully saturated rings. The summed E-state index contributed by atoms with van der Waals surface area (Å²) in [5.41, 5.74) is 6.32. The predicted molar refractivity (Wildman–Crippen MR) is 79.3 cm³/mol. The van der Waals surface area contributed by atoms with Gasteiger partial charge in [0.1, 0.15) is 5.82 Å². The van der Waals surface area contributed by atoms with Gasteiger partial charge in [-0.3, -0.25) is 0 Å². The van der Waals surface area contributed by atoms with E-state index in [4.69, 9.17) is 5.73 Å². The highest BCUT2D eigenvalue weighted by Gasteiger charge is 2.18. The quantitative estimate of drug-likeness (QED) is 0.914. The van der Waals surface area contributed by atoms with Gasteiger partial charge in [0.15, 0.2) is 9.84 Å². The van der Waals surface area contributed by atoms with Crippen molar-refractivity contribution in [2.45, 2.75) is 17.2 Å². The van der Waals surface area contributed by atoms with Crippen LogP contribution in [0.5, 0.6) is 0 Å². The molecule has 0 radical (unpaired) electrons. The van der Waals surface area contributed by atoms with Gasteiger partial charge in [-0.2, -0.15) is 0 Å². The molecule has 2 aromatic rings. The first-order valence-corrected chi connectivity index (χ1v) is 8.32. The summed E-state index contributed by atoms with van der Waals surface area (Å²) in [6.07, 6.45) is 0. The van der Waals surface area contributed by atoms with Crippen molar-refractivity contribution in [1.82, 2.24) is 0 Å². The molecule has 0 heterocycles. The molecule has 0 aromatic heterocycles. The summed E-state index contributed by atoms with van der Waals surface area (Å²) in [4.78, 5) is 0.157. The van der Waals surface area contributed by atoms with Crippen LogP contribution >= 0.6 is 15.9 Å².